The maximum Gasteiger partial charge on any atom is 0.416 e. The second kappa shape index (κ2) is 8.63. The van der Waals surface area contributed by atoms with E-state index < -0.39 is 30.0 Å². The summed E-state index contributed by atoms with van der Waals surface area (Å²) in [5.41, 5.74) is 0.281. The first kappa shape index (κ1) is 20.6. The molecule has 4 atom stereocenters. The van der Waals surface area contributed by atoms with Gasteiger partial charge in [-0.3, -0.25) is 5.32 Å². The monoisotopic (exact) mass is 422 g/mol. The molecule has 2 aromatic carbocycles. The van der Waals surface area contributed by atoms with Crippen molar-refractivity contribution < 1.29 is 32.2 Å². The van der Waals surface area contributed by atoms with Crippen molar-refractivity contribution in [2.45, 2.75) is 37.1 Å². The number of carbonyl (C=O) groups is 1. The highest BCUT2D eigenvalue weighted by Gasteiger charge is 2.49. The summed E-state index contributed by atoms with van der Waals surface area (Å²) < 4.78 is 55.3. The van der Waals surface area contributed by atoms with Crippen molar-refractivity contribution in [1.29, 1.82) is 0 Å². The fourth-order valence-corrected chi connectivity index (χ4v) is 3.64. The number of hydrogen-bond acceptors (Lipinski definition) is 5. The Balaban J connectivity index is 1.30. The molecule has 0 bridgehead atoms. The van der Waals surface area contributed by atoms with Gasteiger partial charge in [-0.2, -0.15) is 13.2 Å². The van der Waals surface area contributed by atoms with Gasteiger partial charge in [-0.25, -0.2) is 4.79 Å². The number of benzene rings is 2. The normalized spacial score (nSPS) is 25.7. The van der Waals surface area contributed by atoms with E-state index in [-0.39, 0.29) is 24.4 Å². The van der Waals surface area contributed by atoms with Crippen molar-refractivity contribution in [1.82, 2.24) is 5.32 Å². The molecule has 2 fully saturated rings. The smallest absolute Gasteiger partial charge is 0.416 e. The average molecular weight is 422 g/mol. The second-order valence-corrected chi connectivity index (χ2v) is 7.22. The van der Waals surface area contributed by atoms with Gasteiger partial charge in [0.2, 0.25) is 0 Å². The van der Waals surface area contributed by atoms with Gasteiger partial charge in [0, 0.05) is 12.2 Å². The number of fused-ring (bicyclic) bond motifs is 1. The molecule has 0 saturated carbocycles. The predicted octanol–water partition coefficient (Wildman–Crippen LogP) is 3.58. The molecule has 2 aliphatic heterocycles. The molecule has 2 heterocycles. The Bertz CT molecular complexity index is 878. The van der Waals surface area contributed by atoms with E-state index in [4.69, 9.17) is 14.2 Å². The van der Waals surface area contributed by atoms with Gasteiger partial charge >= 0.3 is 12.3 Å². The Morgan fingerprint density at radius 1 is 1.03 bits per heavy atom. The van der Waals surface area contributed by atoms with Gasteiger partial charge in [0.25, 0.3) is 0 Å². The van der Waals surface area contributed by atoms with E-state index in [0.29, 0.717) is 13.2 Å². The molecule has 2 saturated heterocycles. The zero-order valence-corrected chi connectivity index (χ0v) is 15.9. The average Bonchev–Trinajstić information content (AvgIpc) is 3.30. The lowest BCUT2D eigenvalue weighted by molar-refractivity contribution is -0.137. The number of halogens is 3. The Labute approximate surface area is 171 Å². The van der Waals surface area contributed by atoms with E-state index in [1.165, 1.54) is 12.1 Å². The number of alkyl halides is 3. The van der Waals surface area contributed by atoms with Gasteiger partial charge in [0.1, 0.15) is 12.2 Å². The Hall–Kier alpha value is -2.62. The summed E-state index contributed by atoms with van der Waals surface area (Å²) in [6.07, 6.45) is -6.67. The molecule has 0 radical (unpaired) electrons. The summed E-state index contributed by atoms with van der Waals surface area (Å²) in [7, 11) is 0. The highest BCUT2D eigenvalue weighted by atomic mass is 19.4. The lowest BCUT2D eigenvalue weighted by atomic mass is 10.1. The molecule has 6 nitrogen and oxygen atoms in total. The van der Waals surface area contributed by atoms with Crippen molar-refractivity contribution in [2.75, 3.05) is 18.5 Å². The van der Waals surface area contributed by atoms with Crippen LogP contribution in [0.15, 0.2) is 54.6 Å². The molecular formula is C21H21F3N2O4. The molecule has 9 heteroatoms. The molecule has 4 unspecified atom stereocenters. The zero-order chi connectivity index (χ0) is 21.1. The van der Waals surface area contributed by atoms with Gasteiger partial charge in [-0.05, 0) is 23.8 Å². The van der Waals surface area contributed by atoms with Crippen LogP contribution in [-0.4, -0.2) is 43.7 Å². The summed E-state index contributed by atoms with van der Waals surface area (Å²) in [5.74, 6) is 0. The fraction of sp³-hybridized carbons (Fsp3) is 0.381. The lowest BCUT2D eigenvalue weighted by Crippen LogP contribution is -2.41. The SMILES string of the molecule is O=C(Nc1cccc(C(F)(F)F)c1)OC1COC2C(NCc3ccccc3)COC12. The van der Waals surface area contributed by atoms with Crippen molar-refractivity contribution >= 4 is 11.8 Å². The maximum atomic E-state index is 12.8. The summed E-state index contributed by atoms with van der Waals surface area (Å²) >= 11 is 0. The number of anilines is 1. The van der Waals surface area contributed by atoms with Crippen LogP contribution < -0.4 is 10.6 Å². The van der Waals surface area contributed by atoms with E-state index in [9.17, 15) is 18.0 Å². The molecule has 0 aromatic heterocycles. The van der Waals surface area contributed by atoms with Crippen LogP contribution in [0.25, 0.3) is 0 Å². The van der Waals surface area contributed by atoms with E-state index >= 15 is 0 Å². The topological polar surface area (TPSA) is 68.8 Å². The zero-order valence-electron chi connectivity index (χ0n) is 15.9. The van der Waals surface area contributed by atoms with Crippen LogP contribution in [-0.2, 0) is 26.9 Å². The quantitative estimate of drug-likeness (QED) is 0.771. The molecule has 1 amide bonds. The minimum absolute atomic E-state index is 0.0000323. The summed E-state index contributed by atoms with van der Waals surface area (Å²) in [6, 6.07) is 14.2. The Kier molecular flexibility index (Phi) is 5.94. The molecule has 4 rings (SSSR count). The predicted molar refractivity (Wildman–Crippen MR) is 102 cm³/mol. The van der Waals surface area contributed by atoms with Crippen LogP contribution in [0.2, 0.25) is 0 Å². The Morgan fingerprint density at radius 2 is 1.80 bits per heavy atom. The van der Waals surface area contributed by atoms with Gasteiger partial charge in [-0.1, -0.05) is 36.4 Å². The number of amides is 1. The van der Waals surface area contributed by atoms with Crippen LogP contribution >= 0.6 is 0 Å². The van der Waals surface area contributed by atoms with Crippen molar-refractivity contribution in [2.24, 2.45) is 0 Å². The minimum atomic E-state index is -4.49. The highest BCUT2D eigenvalue weighted by Crippen LogP contribution is 2.31. The second-order valence-electron chi connectivity index (χ2n) is 7.22. The number of rotatable bonds is 5. The fourth-order valence-electron chi connectivity index (χ4n) is 3.64. The third kappa shape index (κ3) is 4.75. The summed E-state index contributed by atoms with van der Waals surface area (Å²) in [4.78, 5) is 12.2. The minimum Gasteiger partial charge on any atom is -0.441 e. The first-order chi connectivity index (χ1) is 14.4. The van der Waals surface area contributed by atoms with Gasteiger partial charge in [0.05, 0.1) is 24.8 Å². The van der Waals surface area contributed by atoms with E-state index in [1.807, 2.05) is 30.3 Å². The van der Waals surface area contributed by atoms with Gasteiger partial charge < -0.3 is 19.5 Å². The van der Waals surface area contributed by atoms with Gasteiger partial charge in [0.15, 0.2) is 6.10 Å². The van der Waals surface area contributed by atoms with Crippen molar-refractivity contribution in [3.63, 3.8) is 0 Å². The van der Waals surface area contributed by atoms with Crippen LogP contribution in [0.3, 0.4) is 0 Å². The molecular weight excluding hydrogens is 401 g/mol. The lowest BCUT2D eigenvalue weighted by Gasteiger charge is -2.18. The standard InChI is InChI=1S/C21H21F3N2O4/c22-21(23,24)14-7-4-8-15(9-14)26-20(27)30-17-12-29-18-16(11-28-19(17)18)25-10-13-5-2-1-3-6-13/h1-9,16-19,25H,10-12H2,(H,26,27). The number of hydrogen-bond donors (Lipinski definition) is 2. The summed E-state index contributed by atoms with van der Waals surface area (Å²) in [6.45, 7) is 1.23. The number of carbonyl (C=O) groups excluding carboxylic acids is 1. The Morgan fingerprint density at radius 3 is 2.57 bits per heavy atom. The maximum absolute atomic E-state index is 12.8. The molecule has 30 heavy (non-hydrogen) atoms. The van der Waals surface area contributed by atoms with Crippen molar-refractivity contribution in [3.8, 4) is 0 Å². The molecule has 0 spiro atoms. The highest BCUT2D eigenvalue weighted by molar-refractivity contribution is 5.84. The third-order valence-corrected chi connectivity index (χ3v) is 5.11. The largest absolute Gasteiger partial charge is 0.441 e. The van der Waals surface area contributed by atoms with Crippen LogP contribution in [0.4, 0.5) is 23.7 Å². The van der Waals surface area contributed by atoms with Crippen LogP contribution in [0.1, 0.15) is 11.1 Å². The molecule has 2 N–H and O–H groups in total. The molecule has 2 aliphatic rings. The number of nitrogens with one attached hydrogen (secondary N) is 2. The van der Waals surface area contributed by atoms with E-state index in [0.717, 1.165) is 17.7 Å². The number of ether oxygens (including phenoxy) is 3. The third-order valence-electron chi connectivity index (χ3n) is 5.11. The first-order valence-electron chi connectivity index (χ1n) is 9.55. The summed E-state index contributed by atoms with van der Waals surface area (Å²) in [5, 5.41) is 5.72. The van der Waals surface area contributed by atoms with Crippen LogP contribution in [0, 0.1) is 0 Å². The van der Waals surface area contributed by atoms with Crippen molar-refractivity contribution in [3.05, 3.63) is 65.7 Å². The molecule has 2 aromatic rings. The van der Waals surface area contributed by atoms with Gasteiger partial charge in [-0.15, -0.1) is 0 Å². The first-order valence-corrected chi connectivity index (χ1v) is 9.55. The molecule has 160 valence electrons. The van der Waals surface area contributed by atoms with E-state index in [2.05, 4.69) is 10.6 Å². The molecule has 0 aliphatic carbocycles. The van der Waals surface area contributed by atoms with E-state index in [1.54, 1.807) is 0 Å². The van der Waals surface area contributed by atoms with Crippen LogP contribution in [0.5, 0.6) is 0 Å².